The Bertz CT molecular complexity index is 480. The van der Waals surface area contributed by atoms with E-state index in [1.807, 2.05) is 32.7 Å². The normalized spacial score (nSPS) is 12.2. The van der Waals surface area contributed by atoms with Crippen molar-refractivity contribution in [2.24, 2.45) is 11.1 Å². The molecule has 0 atom stereocenters. The Morgan fingerprint density at radius 2 is 1.95 bits per heavy atom. The minimum atomic E-state index is -0.123. The summed E-state index contributed by atoms with van der Waals surface area (Å²) in [6, 6.07) is 1.77. The molecule has 0 aliphatic carbocycles. The summed E-state index contributed by atoms with van der Waals surface area (Å²) in [4.78, 5) is 13.9. The van der Waals surface area contributed by atoms with Crippen LogP contribution in [0.25, 0.3) is 0 Å². The van der Waals surface area contributed by atoms with Crippen LogP contribution in [0.5, 0.6) is 0 Å². The Labute approximate surface area is 139 Å². The summed E-state index contributed by atoms with van der Waals surface area (Å²) in [6.07, 6.45) is 0. The van der Waals surface area contributed by atoms with E-state index in [0.717, 1.165) is 12.2 Å². The van der Waals surface area contributed by atoms with Crippen LogP contribution >= 0.6 is 12.4 Å². The van der Waals surface area contributed by atoms with Gasteiger partial charge in [0.15, 0.2) is 0 Å². The van der Waals surface area contributed by atoms with E-state index in [1.54, 1.807) is 6.07 Å². The molecule has 0 aliphatic heterocycles. The van der Waals surface area contributed by atoms with Gasteiger partial charge >= 0.3 is 0 Å². The highest BCUT2D eigenvalue weighted by Crippen LogP contribution is 2.23. The van der Waals surface area contributed by atoms with Crippen LogP contribution in [0.15, 0.2) is 10.6 Å². The second kappa shape index (κ2) is 7.94. The smallest absolute Gasteiger partial charge is 0.240 e. The first-order valence-corrected chi connectivity index (χ1v) is 7.19. The van der Waals surface area contributed by atoms with Gasteiger partial charge in [-0.3, -0.25) is 15.0 Å². The maximum absolute atomic E-state index is 12.0. The molecule has 0 saturated heterocycles. The molecule has 0 aliphatic rings. The quantitative estimate of drug-likeness (QED) is 0.834. The number of hydrogen-bond acceptors (Lipinski definition) is 5. The third-order valence-corrected chi connectivity index (χ3v) is 3.21. The number of aromatic nitrogens is 1. The number of carbonyl (C=O) groups excluding carboxylic acids is 1. The van der Waals surface area contributed by atoms with Crippen molar-refractivity contribution in [3.8, 4) is 0 Å². The van der Waals surface area contributed by atoms with Crippen LogP contribution in [0.4, 0.5) is 5.88 Å². The van der Waals surface area contributed by atoms with Crippen molar-refractivity contribution in [1.82, 2.24) is 10.1 Å². The highest BCUT2D eigenvalue weighted by Gasteiger charge is 2.21. The fourth-order valence-electron chi connectivity index (χ4n) is 1.96. The molecule has 0 radical (unpaired) electrons. The number of rotatable bonds is 6. The molecule has 0 saturated carbocycles. The maximum atomic E-state index is 12.0. The van der Waals surface area contributed by atoms with Gasteiger partial charge in [-0.2, -0.15) is 0 Å². The van der Waals surface area contributed by atoms with Crippen molar-refractivity contribution >= 4 is 24.2 Å². The van der Waals surface area contributed by atoms with E-state index in [4.69, 9.17) is 10.3 Å². The fourth-order valence-corrected chi connectivity index (χ4v) is 1.96. The van der Waals surface area contributed by atoms with Gasteiger partial charge < -0.3 is 10.3 Å². The van der Waals surface area contributed by atoms with E-state index in [0.29, 0.717) is 12.4 Å². The van der Waals surface area contributed by atoms with Gasteiger partial charge in [-0.25, -0.2) is 0 Å². The molecule has 3 N–H and O–H groups in total. The number of halogens is 1. The van der Waals surface area contributed by atoms with Crippen LogP contribution in [0.1, 0.15) is 40.3 Å². The fraction of sp³-hybridized carbons (Fsp3) is 0.733. The van der Waals surface area contributed by atoms with Crippen LogP contribution in [0.2, 0.25) is 0 Å². The molecular formula is C15H29ClN4O2. The summed E-state index contributed by atoms with van der Waals surface area (Å²) in [6.45, 7) is 11.9. The molecule has 0 bridgehead atoms. The predicted octanol–water partition coefficient (Wildman–Crippen LogP) is 2.25. The first-order chi connectivity index (χ1) is 9.53. The summed E-state index contributed by atoms with van der Waals surface area (Å²) in [7, 11) is 1.90. The van der Waals surface area contributed by atoms with Crippen LogP contribution in [-0.4, -0.2) is 42.6 Å². The van der Waals surface area contributed by atoms with Crippen LogP contribution < -0.4 is 11.1 Å². The number of likely N-dealkylation sites (N-methyl/N-ethyl adjacent to an activating group) is 1. The first kappa shape index (κ1) is 20.9. The van der Waals surface area contributed by atoms with Gasteiger partial charge in [-0.05, 0) is 19.0 Å². The summed E-state index contributed by atoms with van der Waals surface area (Å²) in [5.41, 5.74) is 6.40. The Hall–Kier alpha value is -1.11. The number of anilines is 1. The molecule has 1 aromatic rings. The Morgan fingerprint density at radius 3 is 2.41 bits per heavy atom. The van der Waals surface area contributed by atoms with Crippen molar-refractivity contribution in [2.45, 2.75) is 40.0 Å². The lowest BCUT2D eigenvalue weighted by molar-refractivity contribution is -0.117. The maximum Gasteiger partial charge on any atom is 0.240 e. The van der Waals surface area contributed by atoms with Crippen LogP contribution in [0, 0.1) is 5.41 Å². The molecule has 6 nitrogen and oxygen atoms in total. The lowest BCUT2D eigenvalue weighted by atomic mass is 9.92. The van der Waals surface area contributed by atoms with Crippen molar-refractivity contribution in [2.75, 3.05) is 32.0 Å². The standard InChI is InChI=1S/C15H28N4O2.ClH/c1-14(2,3)11-7-13(21-18-11)17-12(20)8-19(6)10-15(4,5)9-16;/h7H,8-10,16H2,1-6H3,(H,17,20);1H. The molecule has 128 valence electrons. The summed E-state index contributed by atoms with van der Waals surface area (Å²) in [5, 5.41) is 6.70. The summed E-state index contributed by atoms with van der Waals surface area (Å²) in [5.74, 6) is 0.262. The number of nitrogens with one attached hydrogen (secondary N) is 1. The van der Waals surface area contributed by atoms with Gasteiger partial charge in [0.05, 0.1) is 12.2 Å². The van der Waals surface area contributed by atoms with Crippen LogP contribution in [-0.2, 0) is 10.2 Å². The third-order valence-electron chi connectivity index (χ3n) is 3.21. The Balaban J connectivity index is 0.00000441. The minimum absolute atomic E-state index is 0. The molecule has 1 heterocycles. The monoisotopic (exact) mass is 332 g/mol. The van der Waals surface area contributed by atoms with E-state index in [1.165, 1.54) is 0 Å². The zero-order chi connectivity index (χ0) is 16.3. The molecular weight excluding hydrogens is 304 g/mol. The average molecular weight is 333 g/mol. The molecule has 1 amide bonds. The molecule has 0 fully saturated rings. The van der Waals surface area contributed by atoms with Gasteiger partial charge in [-0.15, -0.1) is 12.4 Å². The van der Waals surface area contributed by atoms with E-state index in [9.17, 15) is 4.79 Å². The molecule has 7 heteroatoms. The lowest BCUT2D eigenvalue weighted by Crippen LogP contribution is -2.40. The number of nitrogens with zero attached hydrogens (tertiary/aromatic N) is 2. The highest BCUT2D eigenvalue weighted by molar-refractivity contribution is 5.90. The zero-order valence-corrected chi connectivity index (χ0v) is 15.2. The van der Waals surface area contributed by atoms with Crippen molar-refractivity contribution < 1.29 is 9.32 Å². The second-order valence-electron chi connectivity index (χ2n) is 7.42. The third kappa shape index (κ3) is 6.77. The van der Waals surface area contributed by atoms with Crippen molar-refractivity contribution in [3.63, 3.8) is 0 Å². The molecule has 22 heavy (non-hydrogen) atoms. The SMILES string of the molecule is CN(CC(=O)Nc1cc(C(C)(C)C)no1)CC(C)(C)CN.Cl. The summed E-state index contributed by atoms with van der Waals surface area (Å²) >= 11 is 0. The van der Waals surface area contributed by atoms with Crippen molar-refractivity contribution in [1.29, 1.82) is 0 Å². The average Bonchev–Trinajstić information content (AvgIpc) is 2.75. The molecule has 1 aromatic heterocycles. The highest BCUT2D eigenvalue weighted by atomic mass is 35.5. The topological polar surface area (TPSA) is 84.4 Å². The number of amides is 1. The lowest BCUT2D eigenvalue weighted by Gasteiger charge is -2.28. The summed E-state index contributed by atoms with van der Waals surface area (Å²) < 4.78 is 5.15. The molecule has 0 spiro atoms. The second-order valence-corrected chi connectivity index (χ2v) is 7.42. The van der Waals surface area contributed by atoms with Gasteiger partial charge in [0.25, 0.3) is 0 Å². The molecule has 0 aromatic carbocycles. The minimum Gasteiger partial charge on any atom is -0.338 e. The number of nitrogens with two attached hydrogens (primary N) is 1. The molecule has 0 unspecified atom stereocenters. The van der Waals surface area contributed by atoms with E-state index < -0.39 is 0 Å². The number of hydrogen-bond donors (Lipinski definition) is 2. The Morgan fingerprint density at radius 1 is 1.36 bits per heavy atom. The predicted molar refractivity (Wildman–Crippen MR) is 91.4 cm³/mol. The van der Waals surface area contributed by atoms with Crippen molar-refractivity contribution in [3.05, 3.63) is 11.8 Å². The largest absolute Gasteiger partial charge is 0.338 e. The van der Waals surface area contributed by atoms with Gasteiger partial charge in [-0.1, -0.05) is 39.8 Å². The first-order valence-electron chi connectivity index (χ1n) is 7.19. The van der Waals surface area contributed by atoms with E-state index in [2.05, 4.69) is 24.3 Å². The van der Waals surface area contributed by atoms with Gasteiger partial charge in [0.1, 0.15) is 0 Å². The van der Waals surface area contributed by atoms with Gasteiger partial charge in [0, 0.05) is 18.0 Å². The van der Waals surface area contributed by atoms with E-state index >= 15 is 0 Å². The van der Waals surface area contributed by atoms with E-state index in [-0.39, 0.29) is 35.7 Å². The Kier molecular flexibility index (Phi) is 7.54. The zero-order valence-electron chi connectivity index (χ0n) is 14.4. The molecule has 1 rings (SSSR count). The van der Waals surface area contributed by atoms with Gasteiger partial charge in [0.2, 0.25) is 11.8 Å². The number of carbonyl (C=O) groups is 1. The van der Waals surface area contributed by atoms with Crippen LogP contribution in [0.3, 0.4) is 0 Å².